The van der Waals surface area contributed by atoms with Crippen molar-refractivity contribution in [1.82, 2.24) is 9.55 Å². The fourth-order valence-electron chi connectivity index (χ4n) is 0.807. The number of carbonyl (C=O) groups excluding carboxylic acids is 1. The van der Waals surface area contributed by atoms with Crippen molar-refractivity contribution < 1.29 is 4.79 Å². The molecule has 0 N–H and O–H groups in total. The van der Waals surface area contributed by atoms with Gasteiger partial charge in [-0.1, -0.05) is 6.92 Å². The van der Waals surface area contributed by atoms with E-state index in [2.05, 4.69) is 4.98 Å². The zero-order valence-corrected chi connectivity index (χ0v) is 6.16. The second kappa shape index (κ2) is 2.64. The van der Waals surface area contributed by atoms with Crippen molar-refractivity contribution in [2.24, 2.45) is 7.05 Å². The minimum Gasteiger partial charge on any atom is -0.331 e. The van der Waals surface area contributed by atoms with E-state index in [1.54, 1.807) is 17.1 Å². The number of imidazole rings is 1. The van der Waals surface area contributed by atoms with Crippen molar-refractivity contribution in [3.8, 4) is 0 Å². The lowest BCUT2D eigenvalue weighted by atomic mass is 10.2. The lowest BCUT2D eigenvalue weighted by Crippen LogP contribution is -2.02. The molecule has 10 heavy (non-hydrogen) atoms. The maximum Gasteiger partial charge on any atom is 0.180 e. The van der Waals surface area contributed by atoms with Gasteiger partial charge in [0.25, 0.3) is 0 Å². The molecule has 54 valence electrons. The van der Waals surface area contributed by atoms with Gasteiger partial charge in [-0.3, -0.25) is 4.79 Å². The van der Waals surface area contributed by atoms with Crippen molar-refractivity contribution in [3.05, 3.63) is 18.2 Å². The molecule has 3 nitrogen and oxygen atoms in total. The number of aromatic nitrogens is 2. The average Bonchev–Trinajstić information content (AvgIpc) is 2.34. The molecule has 1 heterocycles. The third-order valence-corrected chi connectivity index (χ3v) is 1.42. The van der Waals surface area contributed by atoms with Crippen LogP contribution in [0.2, 0.25) is 0 Å². The standard InChI is InChI=1S/C7H10N2O/c1-3-7(10)6-4-8-5-9(6)2/h4-5H,3H2,1-2H3. The number of nitrogens with zero attached hydrogens (tertiary/aromatic N) is 2. The number of carbonyl (C=O) groups is 1. The second-order valence-electron chi connectivity index (χ2n) is 2.17. The van der Waals surface area contributed by atoms with E-state index in [1.165, 1.54) is 0 Å². The summed E-state index contributed by atoms with van der Waals surface area (Å²) in [6.07, 6.45) is 3.76. The highest BCUT2D eigenvalue weighted by Gasteiger charge is 2.05. The van der Waals surface area contributed by atoms with Gasteiger partial charge in [-0.15, -0.1) is 0 Å². The summed E-state index contributed by atoms with van der Waals surface area (Å²) in [5.41, 5.74) is 0.683. The van der Waals surface area contributed by atoms with Gasteiger partial charge in [0, 0.05) is 13.5 Å². The van der Waals surface area contributed by atoms with Gasteiger partial charge in [0.1, 0.15) is 5.69 Å². The van der Waals surface area contributed by atoms with Crippen molar-refractivity contribution in [3.63, 3.8) is 0 Å². The Morgan fingerprint density at radius 1 is 1.80 bits per heavy atom. The van der Waals surface area contributed by atoms with Gasteiger partial charge < -0.3 is 4.57 Å². The minimum atomic E-state index is 0.139. The van der Waals surface area contributed by atoms with Gasteiger partial charge in [0.05, 0.1) is 12.5 Å². The van der Waals surface area contributed by atoms with Crippen LogP contribution >= 0.6 is 0 Å². The van der Waals surface area contributed by atoms with Crippen LogP contribution in [0, 0.1) is 0 Å². The van der Waals surface area contributed by atoms with Crippen LogP contribution in [-0.4, -0.2) is 15.3 Å². The lowest BCUT2D eigenvalue weighted by Gasteiger charge is -1.95. The van der Waals surface area contributed by atoms with Crippen LogP contribution in [-0.2, 0) is 7.05 Å². The summed E-state index contributed by atoms with van der Waals surface area (Å²) < 4.78 is 1.73. The summed E-state index contributed by atoms with van der Waals surface area (Å²) in [5, 5.41) is 0. The Labute approximate surface area is 59.7 Å². The largest absolute Gasteiger partial charge is 0.331 e. The molecule has 1 rings (SSSR count). The van der Waals surface area contributed by atoms with E-state index in [4.69, 9.17) is 0 Å². The molecule has 0 aromatic carbocycles. The van der Waals surface area contributed by atoms with Crippen molar-refractivity contribution in [2.45, 2.75) is 13.3 Å². The fourth-order valence-corrected chi connectivity index (χ4v) is 0.807. The highest BCUT2D eigenvalue weighted by molar-refractivity contribution is 5.93. The number of aryl methyl sites for hydroxylation is 1. The first kappa shape index (κ1) is 6.99. The first-order valence-electron chi connectivity index (χ1n) is 3.25. The Balaban J connectivity index is 2.93. The van der Waals surface area contributed by atoms with E-state index in [9.17, 15) is 4.79 Å². The molecule has 0 unspecified atom stereocenters. The zero-order chi connectivity index (χ0) is 7.56. The van der Waals surface area contributed by atoms with Crippen molar-refractivity contribution in [1.29, 1.82) is 0 Å². The van der Waals surface area contributed by atoms with Gasteiger partial charge in [0.2, 0.25) is 0 Å². The van der Waals surface area contributed by atoms with E-state index in [-0.39, 0.29) is 5.78 Å². The average molecular weight is 138 g/mol. The minimum absolute atomic E-state index is 0.139. The van der Waals surface area contributed by atoms with Crippen molar-refractivity contribution in [2.75, 3.05) is 0 Å². The monoisotopic (exact) mass is 138 g/mol. The SMILES string of the molecule is CCC(=O)c1cncn1C. The molecule has 3 heteroatoms. The van der Waals surface area contributed by atoms with Gasteiger partial charge in [-0.25, -0.2) is 4.98 Å². The summed E-state index contributed by atoms with van der Waals surface area (Å²) in [7, 11) is 1.82. The molecule has 1 aromatic rings. The van der Waals surface area contributed by atoms with Gasteiger partial charge in [-0.2, -0.15) is 0 Å². The molecule has 0 aliphatic rings. The first-order chi connectivity index (χ1) is 4.75. The first-order valence-corrected chi connectivity index (χ1v) is 3.25. The number of rotatable bonds is 2. The summed E-state index contributed by atoms with van der Waals surface area (Å²) >= 11 is 0. The Hall–Kier alpha value is -1.12. The van der Waals surface area contributed by atoms with Crippen LogP contribution in [0.1, 0.15) is 23.8 Å². The topological polar surface area (TPSA) is 34.9 Å². The normalized spacial score (nSPS) is 9.80. The third kappa shape index (κ3) is 1.07. The highest BCUT2D eigenvalue weighted by atomic mass is 16.1. The number of ketones is 1. The zero-order valence-electron chi connectivity index (χ0n) is 6.16. The number of hydrogen-bond acceptors (Lipinski definition) is 2. The Kier molecular flexibility index (Phi) is 1.85. The predicted molar refractivity (Wildman–Crippen MR) is 37.8 cm³/mol. The molecular formula is C7H10N2O. The molecule has 0 aliphatic heterocycles. The second-order valence-corrected chi connectivity index (χ2v) is 2.17. The molecule has 0 fully saturated rings. The molecule has 0 aliphatic carbocycles. The summed E-state index contributed by atoms with van der Waals surface area (Å²) in [6, 6.07) is 0. The Morgan fingerprint density at radius 2 is 2.50 bits per heavy atom. The smallest absolute Gasteiger partial charge is 0.180 e. The number of hydrogen-bond donors (Lipinski definition) is 0. The molecule has 0 atom stereocenters. The van der Waals surface area contributed by atoms with E-state index in [0.29, 0.717) is 12.1 Å². The van der Waals surface area contributed by atoms with Gasteiger partial charge >= 0.3 is 0 Å². The van der Waals surface area contributed by atoms with Crippen LogP contribution in [0.5, 0.6) is 0 Å². The number of Topliss-reactive ketones (excluding diaryl/α,β-unsaturated/α-hetero) is 1. The Morgan fingerprint density at radius 3 is 2.90 bits per heavy atom. The molecule has 0 spiro atoms. The summed E-state index contributed by atoms with van der Waals surface area (Å²) in [4.78, 5) is 14.9. The summed E-state index contributed by atoms with van der Waals surface area (Å²) in [5.74, 6) is 0.139. The molecule has 0 radical (unpaired) electrons. The highest BCUT2D eigenvalue weighted by Crippen LogP contribution is 1.99. The van der Waals surface area contributed by atoms with Crippen LogP contribution in [0.4, 0.5) is 0 Å². The molecule has 0 saturated heterocycles. The Bertz CT molecular complexity index is 240. The fraction of sp³-hybridized carbons (Fsp3) is 0.429. The van der Waals surface area contributed by atoms with E-state index in [0.717, 1.165) is 0 Å². The van der Waals surface area contributed by atoms with Crippen LogP contribution in [0.3, 0.4) is 0 Å². The van der Waals surface area contributed by atoms with Crippen LogP contribution in [0.25, 0.3) is 0 Å². The molecule has 0 bridgehead atoms. The molecule has 1 aromatic heterocycles. The van der Waals surface area contributed by atoms with Crippen molar-refractivity contribution >= 4 is 5.78 Å². The molecule has 0 saturated carbocycles. The van der Waals surface area contributed by atoms with E-state index in [1.807, 2.05) is 14.0 Å². The van der Waals surface area contributed by atoms with Crippen LogP contribution < -0.4 is 0 Å². The van der Waals surface area contributed by atoms with E-state index < -0.39 is 0 Å². The predicted octanol–water partition coefficient (Wildman–Crippen LogP) is 1.01. The van der Waals surface area contributed by atoms with Gasteiger partial charge in [0.15, 0.2) is 5.78 Å². The maximum absolute atomic E-state index is 11.0. The quantitative estimate of drug-likeness (QED) is 0.572. The molecule has 0 amide bonds. The lowest BCUT2D eigenvalue weighted by molar-refractivity contribution is 0.0980. The molecular weight excluding hydrogens is 128 g/mol. The summed E-state index contributed by atoms with van der Waals surface area (Å²) in [6.45, 7) is 1.84. The van der Waals surface area contributed by atoms with E-state index >= 15 is 0 Å². The van der Waals surface area contributed by atoms with Gasteiger partial charge in [-0.05, 0) is 0 Å². The van der Waals surface area contributed by atoms with Crippen LogP contribution in [0.15, 0.2) is 12.5 Å². The third-order valence-electron chi connectivity index (χ3n) is 1.42. The maximum atomic E-state index is 11.0.